The Bertz CT molecular complexity index is 507. The van der Waals surface area contributed by atoms with Crippen LogP contribution >= 0.6 is 0 Å². The fourth-order valence-corrected chi connectivity index (χ4v) is 4.15. The Morgan fingerprint density at radius 2 is 2.14 bits per heavy atom. The van der Waals surface area contributed by atoms with E-state index in [0.717, 1.165) is 26.1 Å². The maximum absolute atomic E-state index is 6.24. The Morgan fingerprint density at radius 1 is 1.29 bits per heavy atom. The van der Waals surface area contributed by atoms with Gasteiger partial charge in [0, 0.05) is 31.2 Å². The van der Waals surface area contributed by atoms with Gasteiger partial charge in [0.25, 0.3) is 0 Å². The summed E-state index contributed by atoms with van der Waals surface area (Å²) >= 11 is 0. The number of nitrogens with zero attached hydrogens (tertiary/aromatic N) is 1. The van der Waals surface area contributed by atoms with Crippen molar-refractivity contribution >= 4 is 0 Å². The van der Waals surface area contributed by atoms with E-state index >= 15 is 0 Å². The number of benzene rings is 1. The zero-order valence-electron chi connectivity index (χ0n) is 12.5. The lowest BCUT2D eigenvalue weighted by molar-refractivity contribution is -0.0479. The first-order valence-electron chi connectivity index (χ1n) is 8.24. The Balaban J connectivity index is 1.35. The van der Waals surface area contributed by atoms with E-state index in [9.17, 15) is 0 Å². The highest BCUT2D eigenvalue weighted by atomic mass is 16.5. The standard InChI is InChI=1S/C17H25N3O/c18-16-8-17(15-6-2-1-5-14(15)16)19-9-13-10-20-7-3-4-12(20)11-21-13/h1-2,5-6,12-13,16-17,19H,3-4,7-11,18H2. The van der Waals surface area contributed by atoms with E-state index in [1.807, 2.05) is 0 Å². The van der Waals surface area contributed by atoms with Gasteiger partial charge in [0.05, 0.1) is 12.7 Å². The van der Waals surface area contributed by atoms with E-state index in [1.165, 1.54) is 30.5 Å². The molecule has 2 fully saturated rings. The third kappa shape index (κ3) is 2.61. The van der Waals surface area contributed by atoms with E-state index in [-0.39, 0.29) is 6.04 Å². The lowest BCUT2D eigenvalue weighted by Gasteiger charge is -2.35. The van der Waals surface area contributed by atoms with Crippen LogP contribution in [-0.2, 0) is 4.74 Å². The Labute approximate surface area is 126 Å². The van der Waals surface area contributed by atoms with Gasteiger partial charge in [0.2, 0.25) is 0 Å². The van der Waals surface area contributed by atoms with Crippen molar-refractivity contribution < 1.29 is 4.74 Å². The Kier molecular flexibility index (Phi) is 3.71. The predicted molar refractivity (Wildman–Crippen MR) is 83.1 cm³/mol. The summed E-state index contributed by atoms with van der Waals surface area (Å²) in [4.78, 5) is 2.60. The van der Waals surface area contributed by atoms with Crippen LogP contribution in [0.5, 0.6) is 0 Å². The molecule has 1 aromatic carbocycles. The van der Waals surface area contributed by atoms with Crippen LogP contribution in [0.4, 0.5) is 0 Å². The topological polar surface area (TPSA) is 50.5 Å². The van der Waals surface area contributed by atoms with E-state index < -0.39 is 0 Å². The van der Waals surface area contributed by atoms with Crippen LogP contribution in [0.2, 0.25) is 0 Å². The highest BCUT2D eigenvalue weighted by molar-refractivity contribution is 5.37. The van der Waals surface area contributed by atoms with Crippen LogP contribution in [0.3, 0.4) is 0 Å². The van der Waals surface area contributed by atoms with Gasteiger partial charge in [0.1, 0.15) is 0 Å². The van der Waals surface area contributed by atoms with E-state index in [2.05, 4.69) is 34.5 Å². The molecule has 4 atom stereocenters. The van der Waals surface area contributed by atoms with Crippen LogP contribution < -0.4 is 11.1 Å². The molecule has 2 saturated heterocycles. The van der Waals surface area contributed by atoms with Crippen molar-refractivity contribution in [3.05, 3.63) is 35.4 Å². The monoisotopic (exact) mass is 287 g/mol. The second-order valence-corrected chi connectivity index (χ2v) is 6.68. The summed E-state index contributed by atoms with van der Waals surface area (Å²) < 4.78 is 6.03. The molecule has 0 amide bonds. The molecule has 3 aliphatic rings. The van der Waals surface area contributed by atoms with E-state index in [0.29, 0.717) is 18.2 Å². The minimum atomic E-state index is 0.175. The molecule has 3 N–H and O–H groups in total. The summed E-state index contributed by atoms with van der Waals surface area (Å²) in [5, 5.41) is 3.69. The van der Waals surface area contributed by atoms with Gasteiger partial charge in [-0.3, -0.25) is 4.90 Å². The van der Waals surface area contributed by atoms with Crippen LogP contribution in [0.1, 0.15) is 42.5 Å². The van der Waals surface area contributed by atoms with Crippen molar-refractivity contribution in [3.8, 4) is 0 Å². The average molecular weight is 287 g/mol. The molecule has 0 bridgehead atoms. The number of ether oxygens (including phenoxy) is 1. The second-order valence-electron chi connectivity index (χ2n) is 6.68. The smallest absolute Gasteiger partial charge is 0.0827 e. The zero-order chi connectivity index (χ0) is 14.2. The van der Waals surface area contributed by atoms with Crippen LogP contribution in [0.25, 0.3) is 0 Å². The molecular weight excluding hydrogens is 262 g/mol. The number of morpholine rings is 1. The van der Waals surface area contributed by atoms with Gasteiger partial charge in [0.15, 0.2) is 0 Å². The van der Waals surface area contributed by atoms with Crippen LogP contribution in [0, 0.1) is 0 Å². The summed E-state index contributed by atoms with van der Waals surface area (Å²) in [5.74, 6) is 0. The van der Waals surface area contributed by atoms with E-state index in [4.69, 9.17) is 10.5 Å². The first kappa shape index (κ1) is 13.7. The minimum absolute atomic E-state index is 0.175. The molecule has 0 aromatic heterocycles. The van der Waals surface area contributed by atoms with Gasteiger partial charge in [-0.2, -0.15) is 0 Å². The third-order valence-corrected chi connectivity index (χ3v) is 5.31. The molecule has 114 valence electrons. The van der Waals surface area contributed by atoms with Crippen molar-refractivity contribution in [2.24, 2.45) is 5.73 Å². The fourth-order valence-electron chi connectivity index (χ4n) is 4.15. The van der Waals surface area contributed by atoms with Gasteiger partial charge < -0.3 is 15.8 Å². The normalized spacial score (nSPS) is 35.7. The average Bonchev–Trinajstić information content (AvgIpc) is 3.10. The number of rotatable bonds is 3. The molecule has 1 aromatic rings. The second kappa shape index (κ2) is 5.69. The van der Waals surface area contributed by atoms with E-state index in [1.54, 1.807) is 0 Å². The van der Waals surface area contributed by atoms with Crippen molar-refractivity contribution in [1.29, 1.82) is 0 Å². The maximum atomic E-state index is 6.24. The van der Waals surface area contributed by atoms with Crippen molar-refractivity contribution in [2.45, 2.75) is 43.5 Å². The summed E-state index contributed by atoms with van der Waals surface area (Å²) in [6.45, 7) is 4.17. The number of nitrogens with one attached hydrogen (secondary N) is 1. The lowest BCUT2D eigenvalue weighted by atomic mass is 10.1. The molecule has 0 radical (unpaired) electrons. The van der Waals surface area contributed by atoms with Gasteiger partial charge in [-0.15, -0.1) is 0 Å². The summed E-state index contributed by atoms with van der Waals surface area (Å²) in [6.07, 6.45) is 3.96. The summed E-state index contributed by atoms with van der Waals surface area (Å²) in [5.41, 5.74) is 8.92. The van der Waals surface area contributed by atoms with Crippen molar-refractivity contribution in [2.75, 3.05) is 26.2 Å². The molecule has 2 heterocycles. The third-order valence-electron chi connectivity index (χ3n) is 5.31. The first-order valence-corrected chi connectivity index (χ1v) is 8.24. The van der Waals surface area contributed by atoms with Gasteiger partial charge in [-0.25, -0.2) is 0 Å². The van der Waals surface area contributed by atoms with Crippen molar-refractivity contribution in [1.82, 2.24) is 10.2 Å². The predicted octanol–water partition coefficient (Wildman–Crippen LogP) is 1.58. The molecule has 0 saturated carbocycles. The van der Waals surface area contributed by atoms with Crippen LogP contribution in [-0.4, -0.2) is 43.3 Å². The molecule has 4 unspecified atom stereocenters. The van der Waals surface area contributed by atoms with Gasteiger partial charge >= 0.3 is 0 Å². The molecule has 4 nitrogen and oxygen atoms in total. The number of hydrogen-bond acceptors (Lipinski definition) is 4. The summed E-state index contributed by atoms with van der Waals surface area (Å²) in [7, 11) is 0. The molecule has 2 aliphatic heterocycles. The molecule has 21 heavy (non-hydrogen) atoms. The highest BCUT2D eigenvalue weighted by Crippen LogP contribution is 2.37. The largest absolute Gasteiger partial charge is 0.374 e. The molecule has 4 heteroatoms. The quantitative estimate of drug-likeness (QED) is 0.886. The SMILES string of the molecule is NC1CC(NCC2CN3CCCC3CO2)c2ccccc21. The lowest BCUT2D eigenvalue weighted by Crippen LogP contribution is -2.49. The van der Waals surface area contributed by atoms with Gasteiger partial charge in [-0.1, -0.05) is 24.3 Å². The summed E-state index contributed by atoms with van der Waals surface area (Å²) in [6, 6.07) is 9.80. The minimum Gasteiger partial charge on any atom is -0.374 e. The maximum Gasteiger partial charge on any atom is 0.0827 e. The molecular formula is C17H25N3O. The van der Waals surface area contributed by atoms with Crippen molar-refractivity contribution in [3.63, 3.8) is 0 Å². The van der Waals surface area contributed by atoms with Crippen LogP contribution in [0.15, 0.2) is 24.3 Å². The highest BCUT2D eigenvalue weighted by Gasteiger charge is 2.33. The van der Waals surface area contributed by atoms with Gasteiger partial charge in [-0.05, 0) is 36.9 Å². The fraction of sp³-hybridized carbons (Fsp3) is 0.647. The zero-order valence-corrected chi connectivity index (χ0v) is 12.5. The molecule has 1 aliphatic carbocycles. The number of hydrogen-bond donors (Lipinski definition) is 2. The number of fused-ring (bicyclic) bond motifs is 2. The number of nitrogens with two attached hydrogens (primary N) is 1. The first-order chi connectivity index (χ1) is 10.3. The Hall–Kier alpha value is -0.940. The Morgan fingerprint density at radius 3 is 3.05 bits per heavy atom. The molecule has 4 rings (SSSR count). The molecule has 0 spiro atoms.